The van der Waals surface area contributed by atoms with E-state index in [4.69, 9.17) is 0 Å². The standard InChI is InChI=1S/C10H16N2S.C2H6/c1-4-7-9-12-8(5-2)10(13-9)11-6-3;1-2/h6H,4-5,7H2,1-3H3;1-2H3/b11-6-;. The Morgan fingerprint density at radius 3 is 2.47 bits per heavy atom. The molecular formula is C12H22N2S. The molecular weight excluding hydrogens is 204 g/mol. The molecule has 0 amide bonds. The number of aromatic nitrogens is 1. The van der Waals surface area contributed by atoms with Crippen molar-refractivity contribution in [1.29, 1.82) is 0 Å². The lowest BCUT2D eigenvalue weighted by Crippen LogP contribution is -1.83. The maximum Gasteiger partial charge on any atom is 0.138 e. The fourth-order valence-corrected chi connectivity index (χ4v) is 2.31. The van der Waals surface area contributed by atoms with E-state index in [-0.39, 0.29) is 0 Å². The minimum absolute atomic E-state index is 0.979. The van der Waals surface area contributed by atoms with Crippen molar-refractivity contribution in [2.24, 2.45) is 4.99 Å². The number of rotatable bonds is 4. The van der Waals surface area contributed by atoms with Crippen molar-refractivity contribution in [2.75, 3.05) is 0 Å². The van der Waals surface area contributed by atoms with Gasteiger partial charge in [0, 0.05) is 6.21 Å². The lowest BCUT2D eigenvalue weighted by atomic mass is 10.3. The Kier molecular flexibility index (Phi) is 8.19. The number of hydrogen-bond donors (Lipinski definition) is 0. The fraction of sp³-hybridized carbons (Fsp3) is 0.667. The zero-order valence-electron chi connectivity index (χ0n) is 10.5. The molecule has 2 nitrogen and oxygen atoms in total. The molecule has 0 spiro atoms. The van der Waals surface area contributed by atoms with E-state index in [1.165, 1.54) is 5.01 Å². The molecule has 0 aliphatic rings. The third-order valence-electron chi connectivity index (χ3n) is 1.77. The summed E-state index contributed by atoms with van der Waals surface area (Å²) in [6.07, 6.45) is 5.05. The first kappa shape index (κ1) is 14.3. The van der Waals surface area contributed by atoms with E-state index < -0.39 is 0 Å². The van der Waals surface area contributed by atoms with Crippen molar-refractivity contribution in [3.8, 4) is 0 Å². The molecule has 0 saturated carbocycles. The molecule has 3 heteroatoms. The first-order valence-corrected chi connectivity index (χ1v) is 6.60. The molecule has 1 aromatic heterocycles. The highest BCUT2D eigenvalue weighted by Crippen LogP contribution is 2.28. The molecule has 1 aromatic rings. The van der Waals surface area contributed by atoms with Gasteiger partial charge in [0.2, 0.25) is 0 Å². The van der Waals surface area contributed by atoms with Gasteiger partial charge in [0.1, 0.15) is 5.00 Å². The second-order valence-corrected chi connectivity index (χ2v) is 3.91. The first-order chi connectivity index (χ1) is 7.31. The Balaban J connectivity index is 0.000000921. The van der Waals surface area contributed by atoms with Gasteiger partial charge in [0.25, 0.3) is 0 Å². The van der Waals surface area contributed by atoms with E-state index in [2.05, 4.69) is 23.8 Å². The van der Waals surface area contributed by atoms with Crippen LogP contribution in [0.2, 0.25) is 0 Å². The number of aliphatic imine (C=N–C) groups is 1. The number of thiazole rings is 1. The highest BCUT2D eigenvalue weighted by atomic mass is 32.1. The van der Waals surface area contributed by atoms with Gasteiger partial charge in [-0.1, -0.05) is 39.0 Å². The summed E-state index contributed by atoms with van der Waals surface area (Å²) in [5, 5.41) is 2.31. The van der Waals surface area contributed by atoms with Crippen LogP contribution in [-0.2, 0) is 12.8 Å². The van der Waals surface area contributed by atoms with Crippen LogP contribution < -0.4 is 0 Å². The van der Waals surface area contributed by atoms with E-state index in [9.17, 15) is 0 Å². The lowest BCUT2D eigenvalue weighted by Gasteiger charge is -1.88. The summed E-state index contributed by atoms with van der Waals surface area (Å²) >= 11 is 1.72. The van der Waals surface area contributed by atoms with Crippen LogP contribution >= 0.6 is 11.3 Å². The van der Waals surface area contributed by atoms with Crippen LogP contribution in [-0.4, -0.2) is 11.2 Å². The van der Waals surface area contributed by atoms with Crippen molar-refractivity contribution in [3.63, 3.8) is 0 Å². The van der Waals surface area contributed by atoms with Crippen LogP contribution in [0.3, 0.4) is 0 Å². The van der Waals surface area contributed by atoms with E-state index in [0.29, 0.717) is 0 Å². The van der Waals surface area contributed by atoms with Gasteiger partial charge >= 0.3 is 0 Å². The summed E-state index contributed by atoms with van der Waals surface area (Å²) < 4.78 is 0. The summed E-state index contributed by atoms with van der Waals surface area (Å²) in [4.78, 5) is 8.85. The van der Waals surface area contributed by atoms with Gasteiger partial charge in [-0.15, -0.1) is 0 Å². The molecule has 0 aromatic carbocycles. The van der Waals surface area contributed by atoms with E-state index in [0.717, 1.165) is 30.0 Å². The average Bonchev–Trinajstić information content (AvgIpc) is 2.65. The summed E-state index contributed by atoms with van der Waals surface area (Å²) in [6, 6.07) is 0. The minimum Gasteiger partial charge on any atom is -0.249 e. The van der Waals surface area contributed by atoms with Crippen LogP contribution in [0, 0.1) is 0 Å². The summed E-state index contributed by atoms with van der Waals surface area (Å²) in [5.41, 5.74) is 1.14. The molecule has 0 radical (unpaired) electrons. The molecule has 0 N–H and O–H groups in total. The zero-order chi connectivity index (χ0) is 11.7. The van der Waals surface area contributed by atoms with Crippen molar-refractivity contribution >= 4 is 22.6 Å². The van der Waals surface area contributed by atoms with Crippen molar-refractivity contribution < 1.29 is 0 Å². The largest absolute Gasteiger partial charge is 0.249 e. The maximum atomic E-state index is 4.54. The highest BCUT2D eigenvalue weighted by Gasteiger charge is 2.06. The highest BCUT2D eigenvalue weighted by molar-refractivity contribution is 7.15. The van der Waals surface area contributed by atoms with Gasteiger partial charge in [-0.2, -0.15) is 0 Å². The second kappa shape index (κ2) is 8.60. The van der Waals surface area contributed by atoms with Gasteiger partial charge in [-0.3, -0.25) is 0 Å². The van der Waals surface area contributed by atoms with E-state index in [1.807, 2.05) is 27.0 Å². The zero-order valence-corrected chi connectivity index (χ0v) is 11.3. The van der Waals surface area contributed by atoms with Gasteiger partial charge in [0.15, 0.2) is 0 Å². The SMILES string of the molecule is C/C=N\c1sc(CCC)nc1CC.CC. The molecule has 0 bridgehead atoms. The average molecular weight is 226 g/mol. The molecule has 15 heavy (non-hydrogen) atoms. The molecule has 0 unspecified atom stereocenters. The predicted molar refractivity (Wildman–Crippen MR) is 70.7 cm³/mol. The second-order valence-electron chi connectivity index (χ2n) is 2.85. The summed E-state index contributed by atoms with van der Waals surface area (Å²) in [5.74, 6) is 0. The maximum absolute atomic E-state index is 4.54. The summed E-state index contributed by atoms with van der Waals surface area (Å²) in [6.45, 7) is 10.2. The van der Waals surface area contributed by atoms with Gasteiger partial charge < -0.3 is 0 Å². The smallest absolute Gasteiger partial charge is 0.138 e. The van der Waals surface area contributed by atoms with E-state index in [1.54, 1.807) is 11.3 Å². The van der Waals surface area contributed by atoms with Gasteiger partial charge in [0.05, 0.1) is 10.7 Å². The Morgan fingerprint density at radius 2 is 2.00 bits per heavy atom. The van der Waals surface area contributed by atoms with Crippen LogP contribution in [0.25, 0.3) is 0 Å². The quantitative estimate of drug-likeness (QED) is 0.698. The molecule has 1 heterocycles. The van der Waals surface area contributed by atoms with Crippen molar-refractivity contribution in [1.82, 2.24) is 4.98 Å². The van der Waals surface area contributed by atoms with Gasteiger partial charge in [-0.05, 0) is 26.2 Å². The lowest BCUT2D eigenvalue weighted by molar-refractivity contribution is 0.893. The fourth-order valence-electron chi connectivity index (χ4n) is 1.16. The monoisotopic (exact) mass is 226 g/mol. The molecule has 0 saturated heterocycles. The van der Waals surface area contributed by atoms with Crippen molar-refractivity contribution in [3.05, 3.63) is 10.7 Å². The third-order valence-corrected chi connectivity index (χ3v) is 2.83. The number of nitrogens with zero attached hydrogens (tertiary/aromatic N) is 2. The molecule has 0 aliphatic carbocycles. The number of hydrogen-bond acceptors (Lipinski definition) is 3. The predicted octanol–water partition coefficient (Wildman–Crippen LogP) is 4.41. The van der Waals surface area contributed by atoms with Crippen LogP contribution in [0.15, 0.2) is 4.99 Å². The molecule has 0 atom stereocenters. The number of aryl methyl sites for hydroxylation is 2. The van der Waals surface area contributed by atoms with Crippen LogP contribution in [0.4, 0.5) is 5.00 Å². The Bertz CT molecular complexity index is 290. The van der Waals surface area contributed by atoms with E-state index >= 15 is 0 Å². The minimum atomic E-state index is 0.979. The van der Waals surface area contributed by atoms with Crippen LogP contribution in [0.1, 0.15) is 51.7 Å². The summed E-state index contributed by atoms with van der Waals surface area (Å²) in [7, 11) is 0. The Hall–Kier alpha value is -0.700. The Labute approximate surface area is 97.5 Å². The molecule has 0 aliphatic heterocycles. The Morgan fingerprint density at radius 1 is 1.33 bits per heavy atom. The third kappa shape index (κ3) is 4.56. The normalized spacial score (nSPS) is 10.2. The first-order valence-electron chi connectivity index (χ1n) is 5.79. The van der Waals surface area contributed by atoms with Gasteiger partial charge in [-0.25, -0.2) is 9.98 Å². The molecule has 1 rings (SSSR count). The van der Waals surface area contributed by atoms with Crippen molar-refractivity contribution in [2.45, 2.75) is 53.9 Å². The molecule has 0 fully saturated rings. The molecule has 86 valence electrons. The van der Waals surface area contributed by atoms with Crippen LogP contribution in [0.5, 0.6) is 0 Å². The topological polar surface area (TPSA) is 25.2 Å².